The molecule has 6 aromatic rings. The van der Waals surface area contributed by atoms with Gasteiger partial charge in [-0.05, 0) is 87.6 Å². The van der Waals surface area contributed by atoms with E-state index in [1.165, 1.54) is 37.0 Å². The van der Waals surface area contributed by atoms with E-state index in [0.29, 0.717) is 23.6 Å². The van der Waals surface area contributed by atoms with Crippen molar-refractivity contribution in [1.29, 1.82) is 0 Å². The lowest BCUT2D eigenvalue weighted by molar-refractivity contribution is 0.220. The standard InChI is InChI=1S/C34H35FN8O/c1-42(2)10-11-44-26-14-23(13-25(35)15-26)28-19-37-20-32-27(28)16-31(38-32)34-33-30(40-41-34)7-6-29(39-33)24-12-22(17-36-18-24)21-43-8-4-3-5-9-43/h6-7,12-20,38H,3-5,8-11,21H2,1-2H3,(H,40,41). The number of piperidine rings is 1. The maximum atomic E-state index is 14.7. The number of likely N-dealkylation sites (N-methyl/N-ethyl adjacent to an activating group) is 1. The molecule has 0 saturated carbocycles. The number of benzene rings is 1. The monoisotopic (exact) mass is 590 g/mol. The number of likely N-dealkylation sites (tertiary alicyclic amines) is 1. The number of nitrogens with one attached hydrogen (secondary N) is 2. The predicted octanol–water partition coefficient (Wildman–Crippen LogP) is 6.30. The minimum absolute atomic E-state index is 0.361. The van der Waals surface area contributed by atoms with E-state index in [1.807, 2.05) is 55.7 Å². The van der Waals surface area contributed by atoms with Gasteiger partial charge in [0.15, 0.2) is 0 Å². The summed E-state index contributed by atoms with van der Waals surface area (Å²) in [5, 5.41) is 8.65. The molecule has 0 spiro atoms. The molecule has 224 valence electrons. The summed E-state index contributed by atoms with van der Waals surface area (Å²) in [5.74, 6) is 0.124. The Morgan fingerprint density at radius 2 is 1.77 bits per heavy atom. The van der Waals surface area contributed by atoms with Crippen LogP contribution in [0, 0.1) is 5.82 Å². The summed E-state index contributed by atoms with van der Waals surface area (Å²) in [5.41, 5.74) is 8.41. The van der Waals surface area contributed by atoms with Crippen molar-refractivity contribution in [1.82, 2.24) is 39.9 Å². The summed E-state index contributed by atoms with van der Waals surface area (Å²) in [4.78, 5) is 22.0. The number of nitrogens with zero attached hydrogens (tertiary/aromatic N) is 6. The number of hydrogen-bond acceptors (Lipinski definition) is 7. The third-order valence-corrected chi connectivity index (χ3v) is 8.14. The number of ether oxygens (including phenoxy) is 1. The van der Waals surface area contributed by atoms with Crippen molar-refractivity contribution in [3.8, 4) is 39.5 Å². The van der Waals surface area contributed by atoms with Gasteiger partial charge in [0.1, 0.15) is 29.4 Å². The maximum absolute atomic E-state index is 14.7. The SMILES string of the molecule is CN(C)CCOc1cc(F)cc(-c2cncc3[nH]c(-c4n[nH]c5ccc(-c6cncc(CN7CCCCC7)c6)nc45)cc23)c1. The molecular formula is C34H35FN8O. The van der Waals surface area contributed by atoms with Gasteiger partial charge in [0, 0.05) is 54.3 Å². The third kappa shape index (κ3) is 5.91. The average Bonchev–Trinajstić information content (AvgIpc) is 3.65. The van der Waals surface area contributed by atoms with Crippen LogP contribution in [0.2, 0.25) is 0 Å². The molecule has 0 amide bonds. The Balaban J connectivity index is 1.21. The lowest BCUT2D eigenvalue weighted by atomic mass is 10.0. The number of fused-ring (bicyclic) bond motifs is 2. The Morgan fingerprint density at radius 3 is 2.64 bits per heavy atom. The van der Waals surface area contributed by atoms with Gasteiger partial charge in [0.25, 0.3) is 0 Å². The largest absolute Gasteiger partial charge is 0.492 e. The van der Waals surface area contributed by atoms with Gasteiger partial charge in [-0.25, -0.2) is 9.37 Å². The van der Waals surface area contributed by atoms with E-state index < -0.39 is 0 Å². The van der Waals surface area contributed by atoms with Crippen LogP contribution in [0.4, 0.5) is 4.39 Å². The van der Waals surface area contributed by atoms with E-state index in [4.69, 9.17) is 9.72 Å². The number of aromatic amines is 2. The van der Waals surface area contributed by atoms with E-state index in [2.05, 4.69) is 36.1 Å². The van der Waals surface area contributed by atoms with Crippen molar-refractivity contribution in [2.24, 2.45) is 0 Å². The van der Waals surface area contributed by atoms with Gasteiger partial charge < -0.3 is 14.6 Å². The van der Waals surface area contributed by atoms with Crippen LogP contribution in [0.15, 0.2) is 67.3 Å². The number of rotatable bonds is 9. The summed E-state index contributed by atoms with van der Waals surface area (Å²) in [7, 11) is 3.95. The highest BCUT2D eigenvalue weighted by Crippen LogP contribution is 2.35. The molecule has 1 aliphatic rings. The molecule has 1 aliphatic heterocycles. The van der Waals surface area contributed by atoms with Gasteiger partial charge in [0.05, 0.1) is 28.6 Å². The molecule has 5 aromatic heterocycles. The summed E-state index contributed by atoms with van der Waals surface area (Å²) < 4.78 is 20.5. The number of aromatic nitrogens is 6. The molecule has 7 rings (SSSR count). The van der Waals surface area contributed by atoms with Crippen molar-refractivity contribution < 1.29 is 9.13 Å². The van der Waals surface area contributed by atoms with Crippen LogP contribution in [-0.2, 0) is 6.54 Å². The van der Waals surface area contributed by atoms with Crippen LogP contribution in [0.25, 0.3) is 55.7 Å². The van der Waals surface area contributed by atoms with Gasteiger partial charge >= 0.3 is 0 Å². The van der Waals surface area contributed by atoms with Crippen LogP contribution < -0.4 is 4.74 Å². The first-order chi connectivity index (χ1) is 21.5. The Kier molecular flexibility index (Phi) is 7.76. The van der Waals surface area contributed by atoms with Crippen LogP contribution in [-0.4, -0.2) is 80.3 Å². The molecule has 0 radical (unpaired) electrons. The molecule has 1 fully saturated rings. The fraction of sp³-hybridized carbons (Fsp3) is 0.294. The lowest BCUT2D eigenvalue weighted by Gasteiger charge is -2.26. The van der Waals surface area contributed by atoms with Gasteiger partial charge in [-0.3, -0.25) is 20.0 Å². The minimum Gasteiger partial charge on any atom is -0.492 e. The molecule has 0 unspecified atom stereocenters. The van der Waals surface area contributed by atoms with Crippen LogP contribution >= 0.6 is 0 Å². The molecule has 2 N–H and O–H groups in total. The molecule has 44 heavy (non-hydrogen) atoms. The Labute approximate surface area is 255 Å². The van der Waals surface area contributed by atoms with Gasteiger partial charge in [-0.1, -0.05) is 6.42 Å². The average molecular weight is 591 g/mol. The first kappa shape index (κ1) is 28.1. The molecule has 0 bridgehead atoms. The van der Waals surface area contributed by atoms with E-state index in [1.54, 1.807) is 12.4 Å². The zero-order chi connectivity index (χ0) is 30.0. The van der Waals surface area contributed by atoms with Gasteiger partial charge in [-0.15, -0.1) is 0 Å². The molecule has 1 saturated heterocycles. The third-order valence-electron chi connectivity index (χ3n) is 8.14. The highest BCUT2D eigenvalue weighted by atomic mass is 19.1. The topological polar surface area (TPSA) is 98.8 Å². The highest BCUT2D eigenvalue weighted by Gasteiger charge is 2.17. The number of halogens is 1. The summed E-state index contributed by atoms with van der Waals surface area (Å²) in [6, 6.07) is 13.0. The second kappa shape index (κ2) is 12.1. The Morgan fingerprint density at radius 1 is 0.909 bits per heavy atom. The van der Waals surface area contributed by atoms with E-state index in [9.17, 15) is 4.39 Å². The quantitative estimate of drug-likeness (QED) is 0.204. The van der Waals surface area contributed by atoms with E-state index in [-0.39, 0.29) is 5.82 Å². The molecule has 9 nitrogen and oxygen atoms in total. The highest BCUT2D eigenvalue weighted by molar-refractivity contribution is 6.00. The molecule has 1 aromatic carbocycles. The zero-order valence-corrected chi connectivity index (χ0v) is 25.0. The van der Waals surface area contributed by atoms with Crippen LogP contribution in [0.5, 0.6) is 5.75 Å². The van der Waals surface area contributed by atoms with Crippen molar-refractivity contribution in [3.63, 3.8) is 0 Å². The predicted molar refractivity (Wildman–Crippen MR) is 171 cm³/mol. The number of pyridine rings is 3. The molecule has 0 aliphatic carbocycles. The Hall–Kier alpha value is -4.67. The van der Waals surface area contributed by atoms with Crippen LogP contribution in [0.1, 0.15) is 24.8 Å². The second-order valence-electron chi connectivity index (χ2n) is 11.7. The van der Waals surface area contributed by atoms with Crippen LogP contribution in [0.3, 0.4) is 0 Å². The zero-order valence-electron chi connectivity index (χ0n) is 25.0. The fourth-order valence-corrected chi connectivity index (χ4v) is 5.89. The first-order valence-corrected chi connectivity index (χ1v) is 15.1. The number of H-pyrrole nitrogens is 2. The molecule has 6 heterocycles. The maximum Gasteiger partial charge on any atom is 0.135 e. The van der Waals surface area contributed by atoms with Crippen molar-refractivity contribution in [3.05, 3.63) is 78.6 Å². The second-order valence-corrected chi connectivity index (χ2v) is 11.7. The summed E-state index contributed by atoms with van der Waals surface area (Å²) >= 11 is 0. The number of hydrogen-bond donors (Lipinski definition) is 2. The Bertz CT molecular complexity index is 1920. The smallest absolute Gasteiger partial charge is 0.135 e. The van der Waals surface area contributed by atoms with Crippen molar-refractivity contribution in [2.75, 3.05) is 40.3 Å². The lowest BCUT2D eigenvalue weighted by Crippen LogP contribution is -2.29. The molecular weight excluding hydrogens is 555 g/mol. The van der Waals surface area contributed by atoms with E-state index in [0.717, 1.165) is 70.6 Å². The fourth-order valence-electron chi connectivity index (χ4n) is 5.89. The molecule has 10 heteroatoms. The minimum atomic E-state index is -0.361. The molecule has 0 atom stereocenters. The summed E-state index contributed by atoms with van der Waals surface area (Å²) in [6.07, 6.45) is 11.2. The van der Waals surface area contributed by atoms with E-state index >= 15 is 0 Å². The normalized spacial score (nSPS) is 14.2. The van der Waals surface area contributed by atoms with Crippen molar-refractivity contribution in [2.45, 2.75) is 25.8 Å². The van der Waals surface area contributed by atoms with Gasteiger partial charge in [-0.2, -0.15) is 5.10 Å². The van der Waals surface area contributed by atoms with Gasteiger partial charge in [0.2, 0.25) is 0 Å². The summed E-state index contributed by atoms with van der Waals surface area (Å²) in [6.45, 7) is 4.38. The van der Waals surface area contributed by atoms with Crippen molar-refractivity contribution >= 4 is 21.9 Å². The first-order valence-electron chi connectivity index (χ1n) is 15.1.